The number of amides is 1. The summed E-state index contributed by atoms with van der Waals surface area (Å²) in [6.07, 6.45) is 0.242. The first-order chi connectivity index (χ1) is 10.1. The SMILES string of the molecule is O=C(Cc1ccccc1)Nc1n[nH]c2cc(C(=O)O)sc12. The Morgan fingerprint density at radius 2 is 2.05 bits per heavy atom. The minimum Gasteiger partial charge on any atom is -0.477 e. The van der Waals surface area contributed by atoms with Crippen molar-refractivity contribution in [3.05, 3.63) is 46.8 Å². The molecule has 3 N–H and O–H groups in total. The molecule has 6 nitrogen and oxygen atoms in total. The molecule has 0 saturated heterocycles. The number of aromatic carboxylic acids is 1. The van der Waals surface area contributed by atoms with E-state index in [9.17, 15) is 9.59 Å². The fourth-order valence-corrected chi connectivity index (χ4v) is 2.86. The second kappa shape index (κ2) is 5.37. The van der Waals surface area contributed by atoms with Crippen LogP contribution in [0.4, 0.5) is 5.82 Å². The zero-order chi connectivity index (χ0) is 14.8. The highest BCUT2D eigenvalue weighted by Gasteiger charge is 2.15. The molecular formula is C14H11N3O3S. The first kappa shape index (κ1) is 13.3. The Balaban J connectivity index is 1.78. The molecule has 7 heteroatoms. The molecule has 0 radical (unpaired) electrons. The van der Waals surface area contributed by atoms with Crippen molar-refractivity contribution in [1.82, 2.24) is 10.2 Å². The fraction of sp³-hybridized carbons (Fsp3) is 0.0714. The summed E-state index contributed by atoms with van der Waals surface area (Å²) < 4.78 is 0.633. The zero-order valence-corrected chi connectivity index (χ0v) is 11.6. The fourth-order valence-electron chi connectivity index (χ4n) is 1.96. The van der Waals surface area contributed by atoms with Gasteiger partial charge in [0.1, 0.15) is 4.88 Å². The number of carboxylic acids is 1. The van der Waals surface area contributed by atoms with Gasteiger partial charge in [-0.05, 0) is 11.6 Å². The molecule has 0 fully saturated rings. The summed E-state index contributed by atoms with van der Waals surface area (Å²) in [5, 5.41) is 18.4. The molecule has 106 valence electrons. The molecule has 3 aromatic rings. The summed E-state index contributed by atoms with van der Waals surface area (Å²) in [4.78, 5) is 23.1. The third kappa shape index (κ3) is 2.77. The first-order valence-corrected chi connectivity index (χ1v) is 7.00. The number of rotatable bonds is 4. The van der Waals surface area contributed by atoms with Crippen LogP contribution in [0.15, 0.2) is 36.4 Å². The number of carbonyl (C=O) groups excluding carboxylic acids is 1. The third-order valence-corrected chi connectivity index (χ3v) is 4.04. The first-order valence-electron chi connectivity index (χ1n) is 6.18. The van der Waals surface area contributed by atoms with E-state index >= 15 is 0 Å². The standard InChI is InChI=1S/C14H11N3O3S/c18-11(6-8-4-2-1-3-5-8)15-13-12-9(16-17-13)7-10(21-12)14(19)20/h1-5,7H,6H2,(H,19,20)(H2,15,16,17,18). The second-order valence-electron chi connectivity index (χ2n) is 4.44. The molecule has 0 bridgehead atoms. The summed E-state index contributed by atoms with van der Waals surface area (Å²) in [5.74, 6) is -0.825. The molecular weight excluding hydrogens is 290 g/mol. The van der Waals surface area contributed by atoms with Crippen molar-refractivity contribution < 1.29 is 14.7 Å². The van der Waals surface area contributed by atoms with Crippen LogP contribution in [0.2, 0.25) is 0 Å². The molecule has 1 amide bonds. The molecule has 3 rings (SSSR count). The lowest BCUT2D eigenvalue weighted by molar-refractivity contribution is -0.115. The number of aromatic amines is 1. The smallest absolute Gasteiger partial charge is 0.345 e. The van der Waals surface area contributed by atoms with E-state index in [0.717, 1.165) is 16.9 Å². The number of fused-ring (bicyclic) bond motifs is 1. The van der Waals surface area contributed by atoms with Crippen molar-refractivity contribution in [2.24, 2.45) is 0 Å². The van der Waals surface area contributed by atoms with Crippen LogP contribution in [-0.2, 0) is 11.2 Å². The lowest BCUT2D eigenvalue weighted by atomic mass is 10.1. The molecule has 1 aromatic carbocycles. The Morgan fingerprint density at radius 3 is 2.76 bits per heavy atom. The largest absolute Gasteiger partial charge is 0.477 e. The molecule has 0 aliphatic rings. The average molecular weight is 301 g/mol. The van der Waals surface area contributed by atoms with Crippen molar-refractivity contribution in [3.63, 3.8) is 0 Å². The maximum absolute atomic E-state index is 12.0. The predicted molar refractivity (Wildman–Crippen MR) is 79.7 cm³/mol. The Bertz CT molecular complexity index is 807. The Morgan fingerprint density at radius 1 is 1.29 bits per heavy atom. The van der Waals surface area contributed by atoms with E-state index in [1.54, 1.807) is 0 Å². The number of nitrogens with one attached hydrogen (secondary N) is 2. The molecule has 0 atom stereocenters. The van der Waals surface area contributed by atoms with Crippen molar-refractivity contribution in [1.29, 1.82) is 0 Å². The van der Waals surface area contributed by atoms with Gasteiger partial charge in [-0.15, -0.1) is 11.3 Å². The van der Waals surface area contributed by atoms with Gasteiger partial charge in [-0.1, -0.05) is 30.3 Å². The molecule has 2 heterocycles. The van der Waals surface area contributed by atoms with Gasteiger partial charge in [0.15, 0.2) is 5.82 Å². The topological polar surface area (TPSA) is 95.1 Å². The summed E-state index contributed by atoms with van der Waals surface area (Å²) in [6, 6.07) is 10.9. The number of carbonyl (C=O) groups is 2. The molecule has 0 aliphatic carbocycles. The van der Waals surface area contributed by atoms with Gasteiger partial charge in [0, 0.05) is 0 Å². The van der Waals surface area contributed by atoms with E-state index in [1.165, 1.54) is 6.07 Å². The number of H-pyrrole nitrogens is 1. The number of benzene rings is 1. The van der Waals surface area contributed by atoms with Crippen molar-refractivity contribution >= 4 is 39.2 Å². The summed E-state index contributed by atoms with van der Waals surface area (Å²) in [5.41, 5.74) is 1.51. The Labute approximate surface area is 123 Å². The van der Waals surface area contributed by atoms with Crippen molar-refractivity contribution in [3.8, 4) is 0 Å². The number of nitrogens with zero attached hydrogens (tertiary/aromatic N) is 1. The van der Waals surface area contributed by atoms with Crippen LogP contribution < -0.4 is 5.32 Å². The molecule has 21 heavy (non-hydrogen) atoms. The number of anilines is 1. The quantitative estimate of drug-likeness (QED) is 0.690. The number of thiophene rings is 1. The summed E-state index contributed by atoms with van der Waals surface area (Å²) in [7, 11) is 0. The van der Waals surface area contributed by atoms with Gasteiger partial charge in [-0.3, -0.25) is 9.89 Å². The van der Waals surface area contributed by atoms with Gasteiger partial charge in [0.2, 0.25) is 5.91 Å². The maximum atomic E-state index is 12.0. The van der Waals surface area contributed by atoms with Gasteiger partial charge in [0.05, 0.1) is 16.6 Å². The van der Waals surface area contributed by atoms with Gasteiger partial charge >= 0.3 is 5.97 Å². The maximum Gasteiger partial charge on any atom is 0.345 e. The van der Waals surface area contributed by atoms with Crippen LogP contribution in [0, 0.1) is 0 Å². The lowest BCUT2D eigenvalue weighted by Gasteiger charge is -2.02. The van der Waals surface area contributed by atoms with Crippen LogP contribution >= 0.6 is 11.3 Å². The van der Waals surface area contributed by atoms with Gasteiger partial charge < -0.3 is 10.4 Å². The lowest BCUT2D eigenvalue weighted by Crippen LogP contribution is -2.14. The van der Waals surface area contributed by atoms with E-state index in [-0.39, 0.29) is 17.2 Å². The van der Waals surface area contributed by atoms with Gasteiger partial charge in [-0.25, -0.2) is 4.79 Å². The summed E-state index contributed by atoms with van der Waals surface area (Å²) >= 11 is 1.08. The number of hydrogen-bond donors (Lipinski definition) is 3. The monoisotopic (exact) mass is 301 g/mol. The van der Waals surface area contributed by atoms with E-state index in [2.05, 4.69) is 15.5 Å². The highest BCUT2D eigenvalue weighted by atomic mass is 32.1. The Hall–Kier alpha value is -2.67. The molecule has 0 spiro atoms. The minimum atomic E-state index is -0.994. The Kier molecular flexibility index (Phi) is 3.41. The number of carboxylic acid groups (broad SMARTS) is 1. The number of aromatic nitrogens is 2. The van der Waals surface area contributed by atoms with E-state index in [1.807, 2.05) is 30.3 Å². The van der Waals surface area contributed by atoms with Gasteiger partial charge in [0.25, 0.3) is 0 Å². The second-order valence-corrected chi connectivity index (χ2v) is 5.49. The van der Waals surface area contributed by atoms with Crippen LogP contribution in [-0.4, -0.2) is 27.2 Å². The third-order valence-electron chi connectivity index (χ3n) is 2.91. The van der Waals surface area contributed by atoms with E-state index in [4.69, 9.17) is 5.11 Å². The van der Waals surface area contributed by atoms with E-state index < -0.39 is 5.97 Å². The predicted octanol–water partition coefficient (Wildman–Crippen LogP) is 2.50. The van der Waals surface area contributed by atoms with E-state index in [0.29, 0.717) is 16.0 Å². The van der Waals surface area contributed by atoms with Crippen LogP contribution in [0.3, 0.4) is 0 Å². The van der Waals surface area contributed by atoms with Crippen LogP contribution in [0.5, 0.6) is 0 Å². The molecule has 2 aromatic heterocycles. The van der Waals surface area contributed by atoms with Crippen molar-refractivity contribution in [2.75, 3.05) is 5.32 Å². The number of hydrogen-bond acceptors (Lipinski definition) is 4. The average Bonchev–Trinajstić information content (AvgIpc) is 3.02. The zero-order valence-electron chi connectivity index (χ0n) is 10.8. The normalized spacial score (nSPS) is 10.7. The molecule has 0 aliphatic heterocycles. The van der Waals surface area contributed by atoms with Crippen LogP contribution in [0.25, 0.3) is 10.2 Å². The highest BCUT2D eigenvalue weighted by molar-refractivity contribution is 7.21. The summed E-state index contributed by atoms with van der Waals surface area (Å²) in [6.45, 7) is 0. The van der Waals surface area contributed by atoms with Crippen molar-refractivity contribution in [2.45, 2.75) is 6.42 Å². The molecule has 0 unspecified atom stereocenters. The molecule has 0 saturated carbocycles. The van der Waals surface area contributed by atoms with Crippen LogP contribution in [0.1, 0.15) is 15.2 Å². The van der Waals surface area contributed by atoms with Gasteiger partial charge in [-0.2, -0.15) is 5.10 Å². The highest BCUT2D eigenvalue weighted by Crippen LogP contribution is 2.30. The minimum absolute atomic E-state index is 0.195.